The van der Waals surface area contributed by atoms with Crippen molar-refractivity contribution in [3.8, 4) is 0 Å². The first-order valence-corrected chi connectivity index (χ1v) is 8.97. The van der Waals surface area contributed by atoms with Crippen LogP contribution in [-0.4, -0.2) is 54.2 Å². The van der Waals surface area contributed by atoms with Crippen molar-refractivity contribution >= 4 is 11.9 Å². The summed E-state index contributed by atoms with van der Waals surface area (Å²) >= 11 is 0. The minimum absolute atomic E-state index is 0. The topological polar surface area (TPSA) is 81.7 Å². The van der Waals surface area contributed by atoms with E-state index in [4.69, 9.17) is 4.74 Å². The molecule has 0 aromatic rings. The van der Waals surface area contributed by atoms with E-state index >= 15 is 0 Å². The molecule has 130 valence electrons. The Morgan fingerprint density at radius 1 is 1.17 bits per heavy atom. The summed E-state index contributed by atoms with van der Waals surface area (Å²) in [6, 6.07) is -0.616. The third-order valence-corrected chi connectivity index (χ3v) is 5.42. The fourth-order valence-corrected chi connectivity index (χ4v) is 4.02. The molecular formula is C17H27N2NaO4. The molecule has 0 spiro atoms. The second-order valence-corrected chi connectivity index (χ2v) is 7.10. The molecule has 0 bridgehead atoms. The average molecular weight is 346 g/mol. The van der Waals surface area contributed by atoms with Gasteiger partial charge in [-0.05, 0) is 57.8 Å². The van der Waals surface area contributed by atoms with Crippen molar-refractivity contribution in [2.75, 3.05) is 13.2 Å². The Bertz CT molecular complexity index is 452. The van der Waals surface area contributed by atoms with E-state index in [9.17, 15) is 14.7 Å². The maximum Gasteiger partial charge on any atom is 1.00 e. The van der Waals surface area contributed by atoms with Crippen LogP contribution in [0.3, 0.4) is 0 Å². The van der Waals surface area contributed by atoms with Crippen molar-refractivity contribution in [1.82, 2.24) is 10.2 Å². The average Bonchev–Trinajstić information content (AvgIpc) is 3.22. The predicted octanol–water partition coefficient (Wildman–Crippen LogP) is -2.94. The van der Waals surface area contributed by atoms with E-state index in [0.717, 1.165) is 38.7 Å². The summed E-state index contributed by atoms with van der Waals surface area (Å²) in [6.45, 7) is 3.46. The number of hydrogen-bond acceptors (Lipinski definition) is 5. The van der Waals surface area contributed by atoms with Crippen molar-refractivity contribution in [1.29, 1.82) is 0 Å². The monoisotopic (exact) mass is 346 g/mol. The van der Waals surface area contributed by atoms with Crippen LogP contribution in [0.2, 0.25) is 0 Å². The van der Waals surface area contributed by atoms with Crippen LogP contribution in [0.5, 0.6) is 0 Å². The number of carboxylic acids is 1. The Kier molecular flexibility index (Phi) is 7.56. The second-order valence-electron chi connectivity index (χ2n) is 7.10. The molecule has 2 unspecified atom stereocenters. The van der Waals surface area contributed by atoms with Crippen LogP contribution in [0.25, 0.3) is 0 Å². The zero-order valence-electron chi connectivity index (χ0n) is 14.8. The van der Waals surface area contributed by atoms with Crippen LogP contribution in [0, 0.1) is 5.92 Å². The molecule has 1 heterocycles. The fourth-order valence-electron chi connectivity index (χ4n) is 4.02. The summed E-state index contributed by atoms with van der Waals surface area (Å²) in [4.78, 5) is 25.6. The smallest absolute Gasteiger partial charge is 0.548 e. The molecule has 2 aliphatic carbocycles. The summed E-state index contributed by atoms with van der Waals surface area (Å²) in [5.41, 5.74) is 0. The Labute approximate surface area is 166 Å². The molecular weight excluding hydrogens is 319 g/mol. The van der Waals surface area contributed by atoms with E-state index in [1.165, 1.54) is 0 Å². The third-order valence-electron chi connectivity index (χ3n) is 5.42. The van der Waals surface area contributed by atoms with Crippen molar-refractivity contribution < 1.29 is 49.0 Å². The van der Waals surface area contributed by atoms with Gasteiger partial charge < -0.3 is 20.0 Å². The fraction of sp³-hybridized carbons (Fsp3) is 0.882. The van der Waals surface area contributed by atoms with E-state index in [1.807, 2.05) is 11.8 Å². The number of carbonyl (C=O) groups is 2. The van der Waals surface area contributed by atoms with Crippen LogP contribution in [0.4, 0.5) is 0 Å². The summed E-state index contributed by atoms with van der Waals surface area (Å²) in [5.74, 6) is -0.407. The number of hydrogen-bond donors (Lipinski definition) is 1. The van der Waals surface area contributed by atoms with Crippen molar-refractivity contribution in [2.24, 2.45) is 5.92 Å². The Hall–Kier alpha value is -0.140. The number of nitrogens with zero attached hydrogens (tertiary/aromatic N) is 1. The maximum atomic E-state index is 12.4. The van der Waals surface area contributed by atoms with E-state index in [0.29, 0.717) is 31.4 Å². The summed E-state index contributed by atoms with van der Waals surface area (Å²) in [7, 11) is 0. The van der Waals surface area contributed by atoms with Gasteiger partial charge in [0.1, 0.15) is 0 Å². The SMILES string of the molecule is CCOC1CC(CCNC(=O)C2CCC(C(=O)[O-])N2C2CC2)C1.[Na+]. The molecule has 0 aromatic carbocycles. The molecule has 1 aliphatic heterocycles. The first-order chi connectivity index (χ1) is 11.1. The quantitative estimate of drug-likeness (QED) is 0.476. The van der Waals surface area contributed by atoms with Gasteiger partial charge in [-0.15, -0.1) is 0 Å². The van der Waals surface area contributed by atoms with Crippen LogP contribution >= 0.6 is 0 Å². The number of carboxylic acid groups (broad SMARTS) is 1. The molecule has 3 fully saturated rings. The van der Waals surface area contributed by atoms with Crippen molar-refractivity contribution in [2.45, 2.75) is 76.1 Å². The minimum Gasteiger partial charge on any atom is -0.548 e. The molecule has 0 aromatic heterocycles. The van der Waals surface area contributed by atoms with Gasteiger partial charge in [-0.3, -0.25) is 9.69 Å². The zero-order chi connectivity index (χ0) is 16.4. The molecule has 24 heavy (non-hydrogen) atoms. The number of aliphatic carboxylic acids is 1. The number of amides is 1. The summed E-state index contributed by atoms with van der Waals surface area (Å²) < 4.78 is 5.54. The van der Waals surface area contributed by atoms with E-state index in [2.05, 4.69) is 5.32 Å². The molecule has 2 saturated carbocycles. The van der Waals surface area contributed by atoms with Gasteiger partial charge in [0, 0.05) is 19.2 Å². The molecule has 1 N–H and O–H groups in total. The Balaban J connectivity index is 0.00000208. The standard InChI is InChI=1S/C17H28N2O4.Na/c1-2-23-13-9-11(10-13)7-8-18-16(20)14-5-6-15(17(21)22)19(14)12-3-4-12;/h11-15H,2-10H2,1H3,(H,18,20)(H,21,22);/q;+1/p-1. The number of ether oxygens (including phenoxy) is 1. The second kappa shape index (κ2) is 8.99. The Morgan fingerprint density at radius 2 is 1.83 bits per heavy atom. The van der Waals surface area contributed by atoms with Gasteiger partial charge >= 0.3 is 29.6 Å². The summed E-state index contributed by atoms with van der Waals surface area (Å²) in [5, 5.41) is 14.3. The van der Waals surface area contributed by atoms with Gasteiger partial charge in [0.25, 0.3) is 0 Å². The van der Waals surface area contributed by atoms with Gasteiger partial charge in [0.05, 0.1) is 24.2 Å². The zero-order valence-corrected chi connectivity index (χ0v) is 16.8. The van der Waals surface area contributed by atoms with Crippen LogP contribution in [0.1, 0.15) is 51.9 Å². The molecule has 1 amide bonds. The van der Waals surface area contributed by atoms with Gasteiger partial charge in [-0.1, -0.05) is 0 Å². The minimum atomic E-state index is -1.04. The van der Waals surface area contributed by atoms with Gasteiger partial charge in [-0.2, -0.15) is 0 Å². The van der Waals surface area contributed by atoms with Crippen molar-refractivity contribution in [3.05, 3.63) is 0 Å². The molecule has 3 rings (SSSR count). The summed E-state index contributed by atoms with van der Waals surface area (Å²) in [6.07, 6.45) is 6.71. The van der Waals surface area contributed by atoms with E-state index in [-0.39, 0.29) is 47.5 Å². The van der Waals surface area contributed by atoms with Gasteiger partial charge in [0.15, 0.2) is 0 Å². The first kappa shape index (κ1) is 20.2. The first-order valence-electron chi connectivity index (χ1n) is 8.97. The van der Waals surface area contributed by atoms with Crippen LogP contribution in [-0.2, 0) is 14.3 Å². The van der Waals surface area contributed by atoms with E-state index < -0.39 is 12.0 Å². The molecule has 2 atom stereocenters. The molecule has 7 heteroatoms. The Morgan fingerprint density at radius 3 is 2.42 bits per heavy atom. The molecule has 1 saturated heterocycles. The molecule has 0 radical (unpaired) electrons. The predicted molar refractivity (Wildman–Crippen MR) is 82.4 cm³/mol. The van der Waals surface area contributed by atoms with Crippen LogP contribution < -0.4 is 40.0 Å². The number of nitrogens with one attached hydrogen (secondary N) is 1. The number of rotatable bonds is 8. The molecule has 3 aliphatic rings. The molecule has 6 nitrogen and oxygen atoms in total. The largest absolute Gasteiger partial charge is 1.00 e. The van der Waals surface area contributed by atoms with E-state index in [1.54, 1.807) is 0 Å². The number of carbonyl (C=O) groups excluding carboxylic acids is 2. The van der Waals surface area contributed by atoms with Crippen LogP contribution in [0.15, 0.2) is 0 Å². The van der Waals surface area contributed by atoms with Crippen molar-refractivity contribution in [3.63, 3.8) is 0 Å². The number of likely N-dealkylation sites (tertiary alicyclic amines) is 1. The normalized spacial score (nSPS) is 32.7. The third kappa shape index (κ3) is 4.73. The van der Waals surface area contributed by atoms with Gasteiger partial charge in [0.2, 0.25) is 5.91 Å². The maximum absolute atomic E-state index is 12.4. The van der Waals surface area contributed by atoms with Gasteiger partial charge in [-0.25, -0.2) is 0 Å².